The summed E-state index contributed by atoms with van der Waals surface area (Å²) in [6, 6.07) is 9.56. The fraction of sp³-hybridized carbons (Fsp3) is 0.111. The summed E-state index contributed by atoms with van der Waals surface area (Å²) >= 11 is 6.03. The van der Waals surface area contributed by atoms with Crippen molar-refractivity contribution in [1.29, 1.82) is 0 Å². The summed E-state index contributed by atoms with van der Waals surface area (Å²) in [7, 11) is 0. The van der Waals surface area contributed by atoms with Gasteiger partial charge in [-0.3, -0.25) is 9.59 Å². The molecule has 0 saturated carbocycles. The molecule has 4 rings (SSSR count). The van der Waals surface area contributed by atoms with Gasteiger partial charge in [0, 0.05) is 11.8 Å². The lowest BCUT2D eigenvalue weighted by atomic mass is 10.1. The van der Waals surface area contributed by atoms with Gasteiger partial charge in [-0.2, -0.15) is 0 Å². The van der Waals surface area contributed by atoms with Crippen LogP contribution in [0.15, 0.2) is 51.7 Å². The molecule has 1 aromatic heterocycles. The summed E-state index contributed by atoms with van der Waals surface area (Å²) < 4.78 is 46.7. The molecule has 2 heterocycles. The van der Waals surface area contributed by atoms with Gasteiger partial charge < -0.3 is 14.1 Å². The maximum absolute atomic E-state index is 12.7. The van der Waals surface area contributed by atoms with Crippen LogP contribution < -0.4 is 15.1 Å². The van der Waals surface area contributed by atoms with Crippen molar-refractivity contribution in [1.82, 2.24) is 0 Å². The zero-order valence-corrected chi connectivity index (χ0v) is 14.1. The van der Waals surface area contributed by atoms with E-state index in [0.717, 1.165) is 17.0 Å². The van der Waals surface area contributed by atoms with Crippen molar-refractivity contribution in [2.24, 2.45) is 0 Å². The van der Waals surface area contributed by atoms with Gasteiger partial charge in [0.2, 0.25) is 5.76 Å². The lowest BCUT2D eigenvalue weighted by Crippen LogP contribution is -2.23. The Morgan fingerprint density at radius 3 is 2.59 bits per heavy atom. The number of carbonyl (C=O) groups is 1. The van der Waals surface area contributed by atoms with Gasteiger partial charge in [0.15, 0.2) is 11.0 Å². The Bertz CT molecular complexity index is 1140. The summed E-state index contributed by atoms with van der Waals surface area (Å²) in [5, 5.41) is 0.407. The van der Waals surface area contributed by atoms with Crippen LogP contribution in [0.3, 0.4) is 0 Å². The van der Waals surface area contributed by atoms with Gasteiger partial charge in [-0.1, -0.05) is 23.7 Å². The van der Waals surface area contributed by atoms with Crippen molar-refractivity contribution < 1.29 is 27.1 Å². The van der Waals surface area contributed by atoms with E-state index in [0.29, 0.717) is 0 Å². The maximum Gasteiger partial charge on any atom is 0.573 e. The van der Waals surface area contributed by atoms with Gasteiger partial charge >= 0.3 is 6.36 Å². The standard InChI is InChI=1S/C18H9ClF3NO4/c19-13-6-2-5-11-14(24)12-8-23(17(25)16(12)26-15(11)13)9-3-1-4-10(7-9)27-18(20,21)22/h1-7H,8H2. The molecule has 1 amide bonds. The monoisotopic (exact) mass is 395 g/mol. The van der Waals surface area contributed by atoms with Gasteiger partial charge in [-0.25, -0.2) is 0 Å². The van der Waals surface area contributed by atoms with E-state index in [2.05, 4.69) is 4.74 Å². The zero-order chi connectivity index (χ0) is 19.3. The van der Waals surface area contributed by atoms with Gasteiger partial charge in [-0.05, 0) is 24.3 Å². The lowest BCUT2D eigenvalue weighted by Gasteiger charge is -2.16. The average molecular weight is 396 g/mol. The zero-order valence-electron chi connectivity index (χ0n) is 13.3. The normalized spacial score (nSPS) is 13.9. The highest BCUT2D eigenvalue weighted by Gasteiger charge is 2.35. The highest BCUT2D eigenvalue weighted by Crippen LogP contribution is 2.33. The predicted molar refractivity (Wildman–Crippen MR) is 91.1 cm³/mol. The SMILES string of the molecule is O=C1c2oc3c(Cl)cccc3c(=O)c2CN1c1cccc(OC(F)(F)F)c1. The minimum atomic E-state index is -4.86. The molecule has 0 bridgehead atoms. The molecule has 0 saturated heterocycles. The molecular weight excluding hydrogens is 387 g/mol. The largest absolute Gasteiger partial charge is 0.573 e. The van der Waals surface area contributed by atoms with E-state index in [1.807, 2.05) is 0 Å². The molecule has 0 unspecified atom stereocenters. The van der Waals surface area contributed by atoms with E-state index < -0.39 is 23.4 Å². The van der Waals surface area contributed by atoms with Crippen molar-refractivity contribution in [2.75, 3.05) is 4.90 Å². The lowest BCUT2D eigenvalue weighted by molar-refractivity contribution is -0.274. The third-order valence-corrected chi connectivity index (χ3v) is 4.38. The second kappa shape index (κ2) is 6.02. The molecule has 0 fully saturated rings. The summed E-state index contributed by atoms with van der Waals surface area (Å²) in [5.41, 5.74) is -0.0563. The van der Waals surface area contributed by atoms with Gasteiger partial charge in [0.25, 0.3) is 5.91 Å². The van der Waals surface area contributed by atoms with Crippen molar-refractivity contribution in [3.05, 3.63) is 69.0 Å². The van der Waals surface area contributed by atoms with Crippen molar-refractivity contribution in [2.45, 2.75) is 12.9 Å². The molecule has 0 aliphatic carbocycles. The number of hydrogen-bond donors (Lipinski definition) is 0. The first-order valence-corrected chi connectivity index (χ1v) is 8.04. The Morgan fingerprint density at radius 1 is 1.11 bits per heavy atom. The number of halogens is 4. The molecular formula is C18H9ClF3NO4. The third-order valence-electron chi connectivity index (χ3n) is 4.08. The van der Waals surface area contributed by atoms with Crippen LogP contribution in [-0.2, 0) is 6.54 Å². The summed E-state index contributed by atoms with van der Waals surface area (Å²) in [5.74, 6) is -1.30. The van der Waals surface area contributed by atoms with Crippen molar-refractivity contribution in [3.8, 4) is 5.75 Å². The molecule has 0 atom stereocenters. The topological polar surface area (TPSA) is 59.8 Å². The Hall–Kier alpha value is -3.00. The minimum Gasteiger partial charge on any atom is -0.449 e. The van der Waals surface area contributed by atoms with Crippen molar-refractivity contribution in [3.63, 3.8) is 0 Å². The number of amides is 1. The number of rotatable bonds is 2. The summed E-state index contributed by atoms with van der Waals surface area (Å²) in [6.07, 6.45) is -4.86. The van der Waals surface area contributed by atoms with Crippen LogP contribution in [0.1, 0.15) is 16.1 Å². The molecule has 1 aliphatic heterocycles. The van der Waals surface area contributed by atoms with Gasteiger partial charge in [0.05, 0.1) is 22.5 Å². The number of benzene rings is 2. The van der Waals surface area contributed by atoms with E-state index in [1.165, 1.54) is 24.3 Å². The Labute approximate surface area is 154 Å². The van der Waals surface area contributed by atoms with Crippen LogP contribution in [0.5, 0.6) is 5.75 Å². The number of fused-ring (bicyclic) bond motifs is 2. The van der Waals surface area contributed by atoms with Crippen LogP contribution in [0.2, 0.25) is 5.02 Å². The minimum absolute atomic E-state index is 0.0901. The van der Waals surface area contributed by atoms with Crippen LogP contribution >= 0.6 is 11.6 Å². The first kappa shape index (κ1) is 17.4. The molecule has 138 valence electrons. The van der Waals surface area contributed by atoms with Gasteiger partial charge in [0.1, 0.15) is 5.75 Å². The number of nitrogens with zero attached hydrogens (tertiary/aromatic N) is 1. The molecule has 0 spiro atoms. The molecule has 2 aromatic carbocycles. The molecule has 3 aromatic rings. The number of para-hydroxylation sites is 1. The highest BCUT2D eigenvalue weighted by molar-refractivity contribution is 6.34. The quantitative estimate of drug-likeness (QED) is 0.640. The number of carbonyl (C=O) groups excluding carboxylic acids is 1. The van der Waals surface area contributed by atoms with Crippen LogP contribution in [0, 0.1) is 0 Å². The molecule has 0 N–H and O–H groups in total. The number of alkyl halides is 3. The number of hydrogen-bond acceptors (Lipinski definition) is 4. The molecule has 27 heavy (non-hydrogen) atoms. The van der Waals surface area contributed by atoms with E-state index in [9.17, 15) is 22.8 Å². The van der Waals surface area contributed by atoms with E-state index in [1.54, 1.807) is 6.07 Å². The Morgan fingerprint density at radius 2 is 1.85 bits per heavy atom. The smallest absolute Gasteiger partial charge is 0.449 e. The number of ether oxygens (including phenoxy) is 1. The second-order valence-electron chi connectivity index (χ2n) is 5.79. The van der Waals surface area contributed by atoms with Gasteiger partial charge in [-0.15, -0.1) is 13.2 Å². The average Bonchev–Trinajstić information content (AvgIpc) is 2.92. The first-order valence-electron chi connectivity index (χ1n) is 7.66. The molecule has 5 nitrogen and oxygen atoms in total. The first-order chi connectivity index (χ1) is 12.7. The van der Waals surface area contributed by atoms with Crippen LogP contribution in [0.25, 0.3) is 11.0 Å². The van der Waals surface area contributed by atoms with Crippen molar-refractivity contribution >= 4 is 34.2 Å². The highest BCUT2D eigenvalue weighted by atomic mass is 35.5. The van der Waals surface area contributed by atoms with E-state index >= 15 is 0 Å². The molecule has 0 radical (unpaired) electrons. The van der Waals surface area contributed by atoms with Crippen LogP contribution in [-0.4, -0.2) is 12.3 Å². The second-order valence-corrected chi connectivity index (χ2v) is 6.20. The van der Waals surface area contributed by atoms with Crippen LogP contribution in [0.4, 0.5) is 18.9 Å². The van der Waals surface area contributed by atoms with E-state index in [4.69, 9.17) is 16.0 Å². The third kappa shape index (κ3) is 3.02. The molecule has 9 heteroatoms. The summed E-state index contributed by atoms with van der Waals surface area (Å²) in [6.45, 7) is -0.131. The fourth-order valence-electron chi connectivity index (χ4n) is 2.95. The fourth-order valence-corrected chi connectivity index (χ4v) is 3.16. The summed E-state index contributed by atoms with van der Waals surface area (Å²) in [4.78, 5) is 26.5. The maximum atomic E-state index is 12.7. The Balaban J connectivity index is 1.78. The Kier molecular flexibility index (Phi) is 3.88. The van der Waals surface area contributed by atoms with E-state index in [-0.39, 0.29) is 39.5 Å². The molecule has 1 aliphatic rings. The number of anilines is 1. The predicted octanol–water partition coefficient (Wildman–Crippen LogP) is 4.51.